The summed E-state index contributed by atoms with van der Waals surface area (Å²) < 4.78 is 89.0. The molecule has 1 aliphatic heterocycles. The Bertz CT molecular complexity index is 1510. The molecule has 0 fully saturated rings. The van der Waals surface area contributed by atoms with E-state index in [1.165, 1.54) is 50.2 Å². The summed E-state index contributed by atoms with van der Waals surface area (Å²) in [5.41, 5.74) is -2.15. The van der Waals surface area contributed by atoms with Crippen LogP contribution >= 0.6 is 11.6 Å². The number of ether oxygens (including phenoxy) is 1. The maximum Gasteiger partial charge on any atom is 0.416 e. The van der Waals surface area contributed by atoms with Crippen LogP contribution < -0.4 is 9.04 Å². The van der Waals surface area contributed by atoms with Crippen molar-refractivity contribution < 1.29 is 40.6 Å². The van der Waals surface area contributed by atoms with Gasteiger partial charge in [-0.1, -0.05) is 35.9 Å². The molecule has 0 saturated carbocycles. The van der Waals surface area contributed by atoms with E-state index in [1.807, 2.05) is 0 Å². The number of halogens is 5. The van der Waals surface area contributed by atoms with Crippen LogP contribution in [-0.2, 0) is 21.0 Å². The van der Waals surface area contributed by atoms with Crippen LogP contribution in [0.3, 0.4) is 0 Å². The number of alkyl halides is 3. The molecule has 0 radical (unpaired) electrons. The molecule has 0 bridgehead atoms. The summed E-state index contributed by atoms with van der Waals surface area (Å²) in [5, 5.41) is 9.40. The SMILES string of the molecule is CC(C)(C[C@H]1CN(S(=O)(=O)c2cccc(C(F)(F)F)c2)c2cc(-c3cccc(Cl)c3F)ccc2O1)C(=O)O. The summed E-state index contributed by atoms with van der Waals surface area (Å²) in [4.78, 5) is 11.1. The van der Waals surface area contributed by atoms with E-state index >= 15 is 0 Å². The molecule has 3 aromatic carbocycles. The second-order valence-electron chi connectivity index (χ2n) is 9.48. The third-order valence-electron chi connectivity index (χ3n) is 6.22. The zero-order valence-corrected chi connectivity index (χ0v) is 21.7. The molecule has 0 aliphatic carbocycles. The van der Waals surface area contributed by atoms with Gasteiger partial charge in [0, 0.05) is 12.0 Å². The van der Waals surface area contributed by atoms with E-state index in [0.29, 0.717) is 6.07 Å². The fourth-order valence-corrected chi connectivity index (χ4v) is 5.88. The number of carboxylic acids is 1. The summed E-state index contributed by atoms with van der Waals surface area (Å²) in [7, 11) is -4.60. The van der Waals surface area contributed by atoms with Gasteiger partial charge in [-0.2, -0.15) is 13.2 Å². The minimum absolute atomic E-state index is 0.0383. The van der Waals surface area contributed by atoms with E-state index in [1.54, 1.807) is 0 Å². The quantitative estimate of drug-likeness (QED) is 0.336. The summed E-state index contributed by atoms with van der Waals surface area (Å²) >= 11 is 5.90. The van der Waals surface area contributed by atoms with Crippen LogP contribution in [0.25, 0.3) is 11.1 Å². The molecule has 0 saturated heterocycles. The zero-order valence-electron chi connectivity index (χ0n) is 20.1. The highest BCUT2D eigenvalue weighted by molar-refractivity contribution is 7.92. The molecule has 0 unspecified atom stereocenters. The number of carboxylic acid groups (broad SMARTS) is 1. The number of rotatable bonds is 6. The lowest BCUT2D eigenvalue weighted by atomic mass is 9.86. The average Bonchev–Trinajstić information content (AvgIpc) is 2.84. The molecule has 38 heavy (non-hydrogen) atoms. The number of fused-ring (bicyclic) bond motifs is 1. The highest BCUT2D eigenvalue weighted by atomic mass is 35.5. The highest BCUT2D eigenvalue weighted by Gasteiger charge is 2.40. The monoisotopic (exact) mass is 571 g/mol. The van der Waals surface area contributed by atoms with E-state index in [0.717, 1.165) is 22.5 Å². The van der Waals surface area contributed by atoms with Crippen molar-refractivity contribution in [1.82, 2.24) is 0 Å². The number of aliphatic carboxylic acids is 1. The van der Waals surface area contributed by atoms with Gasteiger partial charge in [-0.25, -0.2) is 12.8 Å². The maximum absolute atomic E-state index is 14.7. The predicted molar refractivity (Wildman–Crippen MR) is 133 cm³/mol. The number of hydrogen-bond acceptors (Lipinski definition) is 4. The van der Waals surface area contributed by atoms with Crippen LogP contribution in [0, 0.1) is 11.2 Å². The smallest absolute Gasteiger partial charge is 0.416 e. The summed E-state index contributed by atoms with van der Waals surface area (Å²) in [6.07, 6.45) is -5.82. The van der Waals surface area contributed by atoms with Crippen LogP contribution in [0.4, 0.5) is 23.2 Å². The molecular formula is C26H22ClF4NO5S. The Labute approximate surface area is 221 Å². The van der Waals surface area contributed by atoms with Crippen molar-refractivity contribution in [3.63, 3.8) is 0 Å². The van der Waals surface area contributed by atoms with Crippen LogP contribution in [0.15, 0.2) is 65.6 Å². The lowest BCUT2D eigenvalue weighted by Crippen LogP contribution is -2.46. The van der Waals surface area contributed by atoms with Gasteiger partial charge in [-0.3, -0.25) is 9.10 Å². The van der Waals surface area contributed by atoms with Crippen molar-refractivity contribution in [2.75, 3.05) is 10.8 Å². The summed E-state index contributed by atoms with van der Waals surface area (Å²) in [6.45, 7) is 2.51. The second kappa shape index (κ2) is 9.77. The Morgan fingerprint density at radius 3 is 2.45 bits per heavy atom. The Morgan fingerprint density at radius 1 is 1.11 bits per heavy atom. The third kappa shape index (κ3) is 5.30. The first-order valence-electron chi connectivity index (χ1n) is 11.3. The van der Waals surface area contributed by atoms with Crippen LogP contribution in [0.5, 0.6) is 5.75 Å². The van der Waals surface area contributed by atoms with Gasteiger partial charge < -0.3 is 9.84 Å². The largest absolute Gasteiger partial charge is 0.486 e. The fourth-order valence-electron chi connectivity index (χ4n) is 4.16. The number of anilines is 1. The molecule has 0 aromatic heterocycles. The van der Waals surface area contributed by atoms with Crippen molar-refractivity contribution in [2.45, 2.75) is 37.4 Å². The number of benzene rings is 3. The standard InChI is InChI=1S/C26H22ClF4NO5S/c1-25(2,24(33)34)13-17-14-32(38(35,36)18-6-3-5-16(12-18)26(29,30)31)21-11-15(9-10-22(21)37-17)19-7-4-8-20(27)23(19)28/h3-12,17H,13-14H2,1-2H3,(H,33,34)/t17-/m0/s1. The van der Waals surface area contributed by atoms with Gasteiger partial charge in [-0.15, -0.1) is 0 Å². The van der Waals surface area contributed by atoms with E-state index in [2.05, 4.69) is 0 Å². The average molecular weight is 572 g/mol. The number of hydrogen-bond donors (Lipinski definition) is 1. The van der Waals surface area contributed by atoms with Gasteiger partial charge in [0.2, 0.25) is 0 Å². The van der Waals surface area contributed by atoms with Crippen LogP contribution in [0.2, 0.25) is 5.02 Å². The Kier molecular flexibility index (Phi) is 7.13. The number of carbonyl (C=O) groups is 1. The van der Waals surface area contributed by atoms with Crippen molar-refractivity contribution in [1.29, 1.82) is 0 Å². The van der Waals surface area contributed by atoms with E-state index < -0.39 is 50.0 Å². The van der Waals surface area contributed by atoms with Crippen molar-refractivity contribution in [3.8, 4) is 16.9 Å². The van der Waals surface area contributed by atoms with Gasteiger partial charge in [0.1, 0.15) is 17.7 Å². The Balaban J connectivity index is 1.86. The van der Waals surface area contributed by atoms with E-state index in [-0.39, 0.29) is 40.6 Å². The molecular weight excluding hydrogens is 550 g/mol. The number of nitrogens with zero attached hydrogens (tertiary/aromatic N) is 1. The van der Waals surface area contributed by atoms with Crippen LogP contribution in [0.1, 0.15) is 25.8 Å². The highest BCUT2D eigenvalue weighted by Crippen LogP contribution is 2.43. The topological polar surface area (TPSA) is 83.9 Å². The molecule has 0 amide bonds. The van der Waals surface area contributed by atoms with Gasteiger partial charge in [0.05, 0.1) is 33.1 Å². The minimum atomic E-state index is -4.78. The first kappa shape index (κ1) is 27.7. The van der Waals surface area contributed by atoms with Crippen molar-refractivity contribution in [2.24, 2.45) is 5.41 Å². The molecule has 0 spiro atoms. The van der Waals surface area contributed by atoms with Crippen LogP contribution in [-0.4, -0.2) is 32.1 Å². The van der Waals surface area contributed by atoms with Gasteiger partial charge in [0.25, 0.3) is 10.0 Å². The first-order valence-corrected chi connectivity index (χ1v) is 13.1. The van der Waals surface area contributed by atoms with Gasteiger partial charge in [0.15, 0.2) is 0 Å². The lowest BCUT2D eigenvalue weighted by Gasteiger charge is -2.38. The number of sulfonamides is 1. The fraction of sp³-hybridized carbons (Fsp3) is 0.269. The normalized spacial score (nSPS) is 16.1. The molecule has 202 valence electrons. The lowest BCUT2D eigenvalue weighted by molar-refractivity contribution is -0.148. The molecule has 6 nitrogen and oxygen atoms in total. The molecule has 4 rings (SSSR count). The van der Waals surface area contributed by atoms with E-state index in [4.69, 9.17) is 16.3 Å². The Morgan fingerprint density at radius 2 is 1.79 bits per heavy atom. The van der Waals surface area contributed by atoms with Crippen molar-refractivity contribution >= 4 is 33.3 Å². The molecule has 3 aromatic rings. The molecule has 12 heteroatoms. The zero-order chi connectivity index (χ0) is 28.0. The summed E-state index contributed by atoms with van der Waals surface area (Å²) in [5.74, 6) is -1.82. The van der Waals surface area contributed by atoms with Gasteiger partial charge in [-0.05, 0) is 55.8 Å². The van der Waals surface area contributed by atoms with Crippen molar-refractivity contribution in [3.05, 3.63) is 77.1 Å². The Hall–Kier alpha value is -3.31. The molecule has 1 heterocycles. The summed E-state index contributed by atoms with van der Waals surface area (Å²) in [6, 6.07) is 11.8. The third-order valence-corrected chi connectivity index (χ3v) is 8.29. The maximum atomic E-state index is 14.7. The molecule has 1 N–H and O–H groups in total. The minimum Gasteiger partial charge on any atom is -0.486 e. The van der Waals surface area contributed by atoms with Gasteiger partial charge >= 0.3 is 12.1 Å². The van der Waals surface area contributed by atoms with E-state index in [9.17, 15) is 35.9 Å². The predicted octanol–water partition coefficient (Wildman–Crippen LogP) is 6.62. The molecule has 1 atom stereocenters. The molecule has 1 aliphatic rings. The second-order valence-corrected chi connectivity index (χ2v) is 11.7. The first-order chi connectivity index (χ1) is 17.6.